The summed E-state index contributed by atoms with van der Waals surface area (Å²) in [5, 5.41) is 0. The van der Waals surface area contributed by atoms with Crippen molar-refractivity contribution in [1.29, 1.82) is 0 Å². The number of aryl methyl sites for hydroxylation is 2. The van der Waals surface area contributed by atoms with Crippen molar-refractivity contribution in [2.24, 2.45) is 0 Å². The third-order valence-electron chi connectivity index (χ3n) is 2.24. The van der Waals surface area contributed by atoms with Crippen molar-refractivity contribution in [2.75, 3.05) is 7.11 Å². The highest BCUT2D eigenvalue weighted by molar-refractivity contribution is 5.41. The van der Waals surface area contributed by atoms with Gasteiger partial charge in [0, 0.05) is 0 Å². The summed E-state index contributed by atoms with van der Waals surface area (Å²) in [6, 6.07) is 3.16. The first kappa shape index (κ1) is 11.9. The number of halogens is 3. The quantitative estimate of drug-likeness (QED) is 0.739. The molecule has 0 aliphatic rings. The van der Waals surface area contributed by atoms with Gasteiger partial charge >= 0.3 is 6.18 Å². The number of methoxy groups -OCH3 is 1. The Labute approximate surface area is 86.9 Å². The van der Waals surface area contributed by atoms with Crippen LogP contribution >= 0.6 is 0 Å². The molecule has 0 aliphatic carbocycles. The molecule has 1 nitrogen and oxygen atoms in total. The van der Waals surface area contributed by atoms with Crippen LogP contribution in [0.3, 0.4) is 0 Å². The van der Waals surface area contributed by atoms with Crippen LogP contribution in [-0.4, -0.2) is 13.3 Å². The Kier molecular flexibility index (Phi) is 3.27. The maximum Gasteiger partial charge on any atom is 0.393 e. The summed E-state index contributed by atoms with van der Waals surface area (Å²) in [7, 11) is 1.51. The Balaban J connectivity index is 3.05. The van der Waals surface area contributed by atoms with E-state index in [2.05, 4.69) is 0 Å². The number of alkyl halides is 3. The molecule has 0 aliphatic heterocycles. The molecule has 0 aromatic heterocycles. The summed E-state index contributed by atoms with van der Waals surface area (Å²) in [6.07, 6.45) is -5.05. The first-order valence-electron chi connectivity index (χ1n) is 4.54. The minimum atomic E-state index is -4.16. The molecule has 0 saturated heterocycles. The number of rotatable bonds is 2. The largest absolute Gasteiger partial charge is 0.496 e. The van der Waals surface area contributed by atoms with Crippen molar-refractivity contribution in [1.82, 2.24) is 0 Å². The average molecular weight is 218 g/mol. The van der Waals surface area contributed by atoms with Gasteiger partial charge in [-0.2, -0.15) is 13.2 Å². The fourth-order valence-electron chi connectivity index (χ4n) is 1.48. The Morgan fingerprint density at radius 2 is 1.73 bits per heavy atom. The lowest BCUT2D eigenvalue weighted by molar-refractivity contribution is -0.127. The lowest BCUT2D eigenvalue weighted by Gasteiger charge is -2.12. The molecular formula is C11H13F3O. The van der Waals surface area contributed by atoms with E-state index in [1.807, 2.05) is 0 Å². The van der Waals surface area contributed by atoms with E-state index in [0.29, 0.717) is 16.9 Å². The fourth-order valence-corrected chi connectivity index (χ4v) is 1.48. The SMILES string of the molecule is COc1cc(C)c(CC(F)(F)F)cc1C. The minimum Gasteiger partial charge on any atom is -0.496 e. The van der Waals surface area contributed by atoms with Crippen molar-refractivity contribution in [3.05, 3.63) is 28.8 Å². The van der Waals surface area contributed by atoms with Crippen molar-refractivity contribution >= 4 is 0 Å². The lowest BCUT2D eigenvalue weighted by atomic mass is 10.0. The number of hydrogen-bond donors (Lipinski definition) is 0. The maximum absolute atomic E-state index is 12.2. The molecule has 0 saturated carbocycles. The average Bonchev–Trinajstić information content (AvgIpc) is 2.08. The molecule has 15 heavy (non-hydrogen) atoms. The maximum atomic E-state index is 12.2. The van der Waals surface area contributed by atoms with E-state index in [-0.39, 0.29) is 0 Å². The molecule has 0 unspecified atom stereocenters. The first-order chi connectivity index (χ1) is 6.83. The summed E-state index contributed by atoms with van der Waals surface area (Å²) in [4.78, 5) is 0. The smallest absolute Gasteiger partial charge is 0.393 e. The van der Waals surface area contributed by atoms with E-state index in [1.165, 1.54) is 13.2 Å². The van der Waals surface area contributed by atoms with Gasteiger partial charge in [-0.1, -0.05) is 6.07 Å². The van der Waals surface area contributed by atoms with Crippen LogP contribution in [0.5, 0.6) is 5.75 Å². The zero-order chi connectivity index (χ0) is 11.6. The second kappa shape index (κ2) is 4.13. The van der Waals surface area contributed by atoms with Gasteiger partial charge in [-0.25, -0.2) is 0 Å². The second-order valence-corrected chi connectivity index (χ2v) is 3.54. The van der Waals surface area contributed by atoms with Crippen LogP contribution in [0.15, 0.2) is 12.1 Å². The normalized spacial score (nSPS) is 11.6. The molecule has 4 heteroatoms. The summed E-state index contributed by atoms with van der Waals surface area (Å²) in [5.41, 5.74) is 1.64. The molecule has 1 rings (SSSR count). The van der Waals surface area contributed by atoms with Gasteiger partial charge in [-0.05, 0) is 36.6 Å². The Hall–Kier alpha value is -1.19. The summed E-state index contributed by atoms with van der Waals surface area (Å²) in [6.45, 7) is 3.39. The molecule has 0 N–H and O–H groups in total. The lowest BCUT2D eigenvalue weighted by Crippen LogP contribution is -2.12. The van der Waals surface area contributed by atoms with Gasteiger partial charge in [0.1, 0.15) is 5.75 Å². The third kappa shape index (κ3) is 3.15. The fraction of sp³-hybridized carbons (Fsp3) is 0.455. The van der Waals surface area contributed by atoms with Gasteiger partial charge in [-0.15, -0.1) is 0 Å². The van der Waals surface area contributed by atoms with E-state index >= 15 is 0 Å². The highest BCUT2D eigenvalue weighted by atomic mass is 19.4. The molecule has 0 fully saturated rings. The highest BCUT2D eigenvalue weighted by Crippen LogP contribution is 2.28. The van der Waals surface area contributed by atoms with Gasteiger partial charge in [-0.3, -0.25) is 0 Å². The molecule has 0 heterocycles. The molecule has 0 atom stereocenters. The van der Waals surface area contributed by atoms with Crippen LogP contribution in [0.4, 0.5) is 13.2 Å². The van der Waals surface area contributed by atoms with E-state index in [9.17, 15) is 13.2 Å². The predicted molar refractivity (Wildman–Crippen MR) is 52.2 cm³/mol. The van der Waals surface area contributed by atoms with Crippen LogP contribution in [0.25, 0.3) is 0 Å². The summed E-state index contributed by atoms with van der Waals surface area (Å²) >= 11 is 0. The highest BCUT2D eigenvalue weighted by Gasteiger charge is 2.28. The number of hydrogen-bond acceptors (Lipinski definition) is 1. The predicted octanol–water partition coefficient (Wildman–Crippen LogP) is 3.42. The number of ether oxygens (including phenoxy) is 1. The van der Waals surface area contributed by atoms with Crippen molar-refractivity contribution in [2.45, 2.75) is 26.4 Å². The molecule has 0 spiro atoms. The van der Waals surface area contributed by atoms with Crippen LogP contribution in [0.2, 0.25) is 0 Å². The van der Waals surface area contributed by atoms with Gasteiger partial charge in [0.15, 0.2) is 0 Å². The zero-order valence-electron chi connectivity index (χ0n) is 8.90. The van der Waals surface area contributed by atoms with Crippen LogP contribution < -0.4 is 4.74 Å². The van der Waals surface area contributed by atoms with Crippen LogP contribution in [-0.2, 0) is 6.42 Å². The molecule has 0 radical (unpaired) electrons. The summed E-state index contributed by atoms with van der Waals surface area (Å²) < 4.78 is 41.6. The molecule has 0 bridgehead atoms. The van der Waals surface area contributed by atoms with E-state index in [0.717, 1.165) is 5.56 Å². The van der Waals surface area contributed by atoms with E-state index in [1.54, 1.807) is 19.9 Å². The zero-order valence-corrected chi connectivity index (χ0v) is 8.90. The number of benzene rings is 1. The molecule has 1 aromatic rings. The second-order valence-electron chi connectivity index (χ2n) is 3.54. The monoisotopic (exact) mass is 218 g/mol. The Bertz CT molecular complexity index is 356. The molecule has 1 aromatic carbocycles. The van der Waals surface area contributed by atoms with Gasteiger partial charge in [0.2, 0.25) is 0 Å². The van der Waals surface area contributed by atoms with Gasteiger partial charge < -0.3 is 4.74 Å². The first-order valence-corrected chi connectivity index (χ1v) is 4.54. The topological polar surface area (TPSA) is 9.23 Å². The standard InChI is InChI=1S/C11H13F3O/c1-7-5-10(15-3)8(2)4-9(7)6-11(12,13)14/h4-5H,6H2,1-3H3. The van der Waals surface area contributed by atoms with Gasteiger partial charge in [0.25, 0.3) is 0 Å². The minimum absolute atomic E-state index is 0.306. The summed E-state index contributed by atoms with van der Waals surface area (Å²) in [5.74, 6) is 0.624. The Morgan fingerprint density at radius 1 is 1.13 bits per heavy atom. The van der Waals surface area contributed by atoms with E-state index < -0.39 is 12.6 Å². The molecule has 0 amide bonds. The molecule has 84 valence electrons. The van der Waals surface area contributed by atoms with Crippen molar-refractivity contribution in [3.63, 3.8) is 0 Å². The molecular weight excluding hydrogens is 205 g/mol. The van der Waals surface area contributed by atoms with Crippen molar-refractivity contribution < 1.29 is 17.9 Å². The van der Waals surface area contributed by atoms with E-state index in [4.69, 9.17) is 4.74 Å². The Morgan fingerprint density at radius 3 is 2.20 bits per heavy atom. The van der Waals surface area contributed by atoms with Crippen LogP contribution in [0, 0.1) is 13.8 Å². The van der Waals surface area contributed by atoms with Gasteiger partial charge in [0.05, 0.1) is 13.5 Å². The third-order valence-corrected chi connectivity index (χ3v) is 2.24. The van der Waals surface area contributed by atoms with Crippen LogP contribution in [0.1, 0.15) is 16.7 Å². The van der Waals surface area contributed by atoms with Crippen molar-refractivity contribution in [3.8, 4) is 5.75 Å².